The summed E-state index contributed by atoms with van der Waals surface area (Å²) in [5.74, 6) is 2.09. The van der Waals surface area contributed by atoms with Crippen molar-refractivity contribution in [3.05, 3.63) is 77.4 Å². The number of aromatic nitrogens is 4. The van der Waals surface area contributed by atoms with Gasteiger partial charge in [0.25, 0.3) is 0 Å². The summed E-state index contributed by atoms with van der Waals surface area (Å²) in [6, 6.07) is 18.0. The van der Waals surface area contributed by atoms with E-state index in [9.17, 15) is 4.79 Å². The molecule has 0 aliphatic heterocycles. The minimum atomic E-state index is 0.000325. The predicted octanol–water partition coefficient (Wildman–Crippen LogP) is 3.51. The third-order valence-electron chi connectivity index (χ3n) is 5.04. The molecule has 0 saturated heterocycles. The standard InChI is InChI=1S/C24H26N6O/c1-16-13-17(2)30(29-16)23-15-22(27-18(3)28-23)25-11-12-26-24(31)14-20-9-6-8-19-7-4-5-10-21(19)20/h4-10,13,15H,11-12,14H2,1-3H3,(H,26,31)(H,25,27,28). The van der Waals surface area contributed by atoms with E-state index >= 15 is 0 Å². The molecule has 2 heterocycles. The highest BCUT2D eigenvalue weighted by molar-refractivity contribution is 5.90. The molecule has 0 saturated carbocycles. The van der Waals surface area contributed by atoms with Gasteiger partial charge in [0.2, 0.25) is 5.91 Å². The predicted molar refractivity (Wildman–Crippen MR) is 123 cm³/mol. The number of hydrogen-bond donors (Lipinski definition) is 2. The van der Waals surface area contributed by atoms with Crippen LogP contribution >= 0.6 is 0 Å². The van der Waals surface area contributed by atoms with Gasteiger partial charge in [0, 0.05) is 24.8 Å². The zero-order valence-corrected chi connectivity index (χ0v) is 18.0. The van der Waals surface area contributed by atoms with E-state index in [1.165, 1.54) is 0 Å². The van der Waals surface area contributed by atoms with Gasteiger partial charge in [0.05, 0.1) is 12.1 Å². The van der Waals surface area contributed by atoms with Gasteiger partial charge in [-0.3, -0.25) is 4.79 Å². The van der Waals surface area contributed by atoms with Gasteiger partial charge in [0.1, 0.15) is 11.6 Å². The molecule has 2 aromatic carbocycles. The number of rotatable bonds is 7. The third-order valence-corrected chi connectivity index (χ3v) is 5.04. The maximum atomic E-state index is 12.4. The van der Waals surface area contributed by atoms with Gasteiger partial charge >= 0.3 is 0 Å². The van der Waals surface area contributed by atoms with E-state index in [1.807, 2.05) is 57.2 Å². The summed E-state index contributed by atoms with van der Waals surface area (Å²) in [6.07, 6.45) is 0.357. The van der Waals surface area contributed by atoms with E-state index in [1.54, 1.807) is 4.68 Å². The smallest absolute Gasteiger partial charge is 0.224 e. The second-order valence-electron chi connectivity index (χ2n) is 7.59. The molecule has 4 aromatic rings. The molecule has 1 amide bonds. The summed E-state index contributed by atoms with van der Waals surface area (Å²) in [5.41, 5.74) is 2.99. The van der Waals surface area contributed by atoms with Crippen LogP contribution in [0.4, 0.5) is 5.82 Å². The van der Waals surface area contributed by atoms with E-state index in [4.69, 9.17) is 0 Å². The van der Waals surface area contributed by atoms with Crippen LogP contribution in [0.2, 0.25) is 0 Å². The Labute approximate surface area is 181 Å². The van der Waals surface area contributed by atoms with Crippen LogP contribution in [-0.4, -0.2) is 38.7 Å². The molecule has 0 aliphatic rings. The number of nitrogens with one attached hydrogen (secondary N) is 2. The van der Waals surface area contributed by atoms with Gasteiger partial charge in [-0.25, -0.2) is 14.6 Å². The molecular weight excluding hydrogens is 388 g/mol. The van der Waals surface area contributed by atoms with Crippen molar-refractivity contribution in [3.63, 3.8) is 0 Å². The molecule has 0 bridgehead atoms. The Morgan fingerprint density at radius 3 is 2.58 bits per heavy atom. The molecule has 31 heavy (non-hydrogen) atoms. The monoisotopic (exact) mass is 414 g/mol. The fourth-order valence-corrected chi connectivity index (χ4v) is 3.69. The average Bonchev–Trinajstić information content (AvgIpc) is 3.09. The summed E-state index contributed by atoms with van der Waals surface area (Å²) in [4.78, 5) is 21.3. The zero-order chi connectivity index (χ0) is 21.8. The fraction of sp³-hybridized carbons (Fsp3) is 0.250. The number of fused-ring (bicyclic) bond motifs is 1. The zero-order valence-electron chi connectivity index (χ0n) is 18.0. The van der Waals surface area contributed by atoms with Gasteiger partial charge in [-0.05, 0) is 43.2 Å². The molecule has 0 unspecified atom stereocenters. The molecule has 0 aliphatic carbocycles. The van der Waals surface area contributed by atoms with Crippen LogP contribution < -0.4 is 10.6 Å². The van der Waals surface area contributed by atoms with Crippen LogP contribution in [0.15, 0.2) is 54.6 Å². The molecule has 4 rings (SSSR count). The first-order valence-corrected chi connectivity index (χ1v) is 10.4. The number of nitrogens with zero attached hydrogens (tertiary/aromatic N) is 4. The third kappa shape index (κ3) is 4.88. The number of aryl methyl sites for hydroxylation is 3. The Morgan fingerprint density at radius 1 is 0.968 bits per heavy atom. The second kappa shape index (κ2) is 8.95. The summed E-state index contributed by atoms with van der Waals surface area (Å²) in [6.45, 7) is 6.87. The van der Waals surface area contributed by atoms with Gasteiger partial charge in [-0.15, -0.1) is 0 Å². The number of amides is 1. The Bertz CT molecular complexity index is 1220. The van der Waals surface area contributed by atoms with Crippen LogP contribution in [-0.2, 0) is 11.2 Å². The second-order valence-corrected chi connectivity index (χ2v) is 7.59. The highest BCUT2D eigenvalue weighted by Gasteiger charge is 2.09. The van der Waals surface area contributed by atoms with Crippen LogP contribution in [0, 0.1) is 20.8 Å². The lowest BCUT2D eigenvalue weighted by Crippen LogP contribution is -2.30. The first kappa shape index (κ1) is 20.5. The van der Waals surface area contributed by atoms with E-state index < -0.39 is 0 Å². The maximum absolute atomic E-state index is 12.4. The molecule has 158 valence electrons. The SMILES string of the molecule is Cc1cc(C)n(-c2cc(NCCNC(=O)Cc3cccc4ccccc34)nc(C)n2)n1. The summed E-state index contributed by atoms with van der Waals surface area (Å²) >= 11 is 0. The highest BCUT2D eigenvalue weighted by atomic mass is 16.1. The van der Waals surface area contributed by atoms with Crippen molar-refractivity contribution in [2.75, 3.05) is 18.4 Å². The van der Waals surface area contributed by atoms with Crippen LogP contribution in [0.5, 0.6) is 0 Å². The quantitative estimate of drug-likeness (QED) is 0.452. The first-order chi connectivity index (χ1) is 15.0. The topological polar surface area (TPSA) is 84.7 Å². The molecule has 0 spiro atoms. The van der Waals surface area contributed by atoms with Crippen molar-refractivity contribution < 1.29 is 4.79 Å². The van der Waals surface area contributed by atoms with Crippen molar-refractivity contribution in [3.8, 4) is 5.82 Å². The van der Waals surface area contributed by atoms with Gasteiger partial charge in [-0.2, -0.15) is 5.10 Å². The molecule has 0 radical (unpaired) electrons. The number of hydrogen-bond acceptors (Lipinski definition) is 5. The van der Waals surface area contributed by atoms with Crippen LogP contribution in [0.3, 0.4) is 0 Å². The Balaban J connectivity index is 1.33. The average molecular weight is 415 g/mol. The molecule has 2 aromatic heterocycles. The lowest BCUT2D eigenvalue weighted by atomic mass is 10.0. The fourth-order valence-electron chi connectivity index (χ4n) is 3.69. The molecule has 0 fully saturated rings. The Kier molecular flexibility index (Phi) is 5.93. The van der Waals surface area contributed by atoms with E-state index in [2.05, 4.69) is 43.9 Å². The number of benzene rings is 2. The minimum Gasteiger partial charge on any atom is -0.368 e. The largest absolute Gasteiger partial charge is 0.368 e. The summed E-state index contributed by atoms with van der Waals surface area (Å²) < 4.78 is 1.81. The number of carbonyl (C=O) groups excluding carboxylic acids is 1. The van der Waals surface area contributed by atoms with Crippen molar-refractivity contribution in [2.24, 2.45) is 0 Å². The minimum absolute atomic E-state index is 0.000325. The van der Waals surface area contributed by atoms with Gasteiger partial charge in [-0.1, -0.05) is 42.5 Å². The van der Waals surface area contributed by atoms with Gasteiger partial charge < -0.3 is 10.6 Å². The number of carbonyl (C=O) groups is 1. The van der Waals surface area contributed by atoms with Crippen LogP contribution in [0.25, 0.3) is 16.6 Å². The molecular formula is C24H26N6O. The number of anilines is 1. The van der Waals surface area contributed by atoms with Crippen molar-refractivity contribution in [1.29, 1.82) is 0 Å². The van der Waals surface area contributed by atoms with Crippen LogP contribution in [0.1, 0.15) is 22.8 Å². The highest BCUT2D eigenvalue weighted by Crippen LogP contribution is 2.19. The molecule has 7 nitrogen and oxygen atoms in total. The molecule has 2 N–H and O–H groups in total. The Morgan fingerprint density at radius 2 is 1.77 bits per heavy atom. The summed E-state index contributed by atoms with van der Waals surface area (Å²) in [7, 11) is 0. The molecule has 7 heteroatoms. The molecule has 0 atom stereocenters. The lowest BCUT2D eigenvalue weighted by molar-refractivity contribution is -0.120. The van der Waals surface area contributed by atoms with E-state index in [0.717, 1.165) is 33.5 Å². The lowest BCUT2D eigenvalue weighted by Gasteiger charge is -2.11. The van der Waals surface area contributed by atoms with E-state index in [-0.39, 0.29) is 5.91 Å². The maximum Gasteiger partial charge on any atom is 0.224 e. The normalized spacial score (nSPS) is 10.9. The van der Waals surface area contributed by atoms with Crippen molar-refractivity contribution in [1.82, 2.24) is 25.1 Å². The Hall–Kier alpha value is -3.74. The van der Waals surface area contributed by atoms with E-state index in [0.29, 0.717) is 31.2 Å². The van der Waals surface area contributed by atoms with Crippen molar-refractivity contribution >= 4 is 22.5 Å². The van der Waals surface area contributed by atoms with Gasteiger partial charge in [0.15, 0.2) is 5.82 Å². The first-order valence-electron chi connectivity index (χ1n) is 10.4. The summed E-state index contributed by atoms with van der Waals surface area (Å²) in [5, 5.41) is 13.0. The van der Waals surface area contributed by atoms with Crippen molar-refractivity contribution in [2.45, 2.75) is 27.2 Å².